The second kappa shape index (κ2) is 11.1. The maximum Gasteiger partial charge on any atom is 0.239 e. The predicted molar refractivity (Wildman–Crippen MR) is 112 cm³/mol. The lowest BCUT2D eigenvalue weighted by Crippen LogP contribution is -2.40. The lowest BCUT2D eigenvalue weighted by Gasteiger charge is -2.24. The van der Waals surface area contributed by atoms with Gasteiger partial charge in [-0.2, -0.15) is 0 Å². The summed E-state index contributed by atoms with van der Waals surface area (Å²) < 4.78 is 5.87. The Kier molecular flexibility index (Phi) is 8.18. The first-order chi connectivity index (χ1) is 14.6. The van der Waals surface area contributed by atoms with E-state index in [2.05, 4.69) is 20.8 Å². The van der Waals surface area contributed by atoms with Gasteiger partial charge in [0.15, 0.2) is 0 Å². The monoisotopic (exact) mass is 416 g/mol. The van der Waals surface area contributed by atoms with Gasteiger partial charge in [-0.05, 0) is 63.0 Å². The van der Waals surface area contributed by atoms with Crippen LogP contribution in [0.1, 0.15) is 61.5 Å². The van der Waals surface area contributed by atoms with Crippen molar-refractivity contribution in [3.63, 3.8) is 0 Å². The summed E-state index contributed by atoms with van der Waals surface area (Å²) in [6.45, 7) is 2.30. The van der Waals surface area contributed by atoms with Crippen molar-refractivity contribution >= 4 is 5.91 Å². The summed E-state index contributed by atoms with van der Waals surface area (Å²) in [5.41, 5.74) is 12.7. The number of rotatable bonds is 10. The highest BCUT2D eigenvalue weighted by Gasteiger charge is 2.27. The molecule has 164 valence electrons. The Labute approximate surface area is 176 Å². The maximum atomic E-state index is 12.8. The summed E-state index contributed by atoms with van der Waals surface area (Å²) in [7, 11) is 0. The van der Waals surface area contributed by atoms with E-state index in [1.54, 1.807) is 12.1 Å². The molecule has 7 N–H and O–H groups in total. The molecule has 0 radical (unpaired) electrons. The fraction of sp³-hybridized carbons (Fsp3) is 0.571. The number of nitrogens with one attached hydrogen (secondary N) is 2. The minimum atomic E-state index is -0.463. The zero-order valence-corrected chi connectivity index (χ0v) is 17.2. The zero-order chi connectivity index (χ0) is 21.3. The third-order valence-electron chi connectivity index (χ3n) is 5.44. The Morgan fingerprint density at radius 1 is 1.20 bits per heavy atom. The second-order valence-corrected chi connectivity index (χ2v) is 7.83. The number of unbranched alkanes of at least 4 members (excludes halogenated alkanes) is 1. The first kappa shape index (κ1) is 22.2. The van der Waals surface area contributed by atoms with Gasteiger partial charge in [-0.1, -0.05) is 18.6 Å². The molecule has 9 nitrogen and oxygen atoms in total. The molecule has 0 spiro atoms. The van der Waals surface area contributed by atoms with Gasteiger partial charge in [0.05, 0.1) is 6.04 Å². The number of phenols is 1. The summed E-state index contributed by atoms with van der Waals surface area (Å²) in [6.07, 6.45) is 4.57. The third-order valence-corrected chi connectivity index (χ3v) is 5.44. The van der Waals surface area contributed by atoms with Crippen LogP contribution in [0.5, 0.6) is 5.75 Å². The minimum absolute atomic E-state index is 0.00715. The first-order valence-electron chi connectivity index (χ1n) is 10.6. The van der Waals surface area contributed by atoms with Crippen LogP contribution in [-0.2, 0) is 11.2 Å². The van der Waals surface area contributed by atoms with Gasteiger partial charge in [0.2, 0.25) is 17.7 Å². The number of nitrogens with two attached hydrogens (primary N) is 2. The minimum Gasteiger partial charge on any atom is -0.508 e. The molecule has 9 heteroatoms. The number of hydrogen-bond donors (Lipinski definition) is 5. The number of carbonyl (C=O) groups is 1. The molecule has 3 rings (SSSR count). The lowest BCUT2D eigenvalue weighted by molar-refractivity contribution is -0.126. The van der Waals surface area contributed by atoms with Crippen LogP contribution in [0.4, 0.5) is 0 Å². The third kappa shape index (κ3) is 6.25. The van der Waals surface area contributed by atoms with E-state index < -0.39 is 6.04 Å². The standard InChI is InChI=1S/C21H32N6O3/c22-10-2-1-3-17(23)20-26-27-21(30-20)18(13-14-4-6-16(28)7-5-14)25-19(29)15-8-11-24-12-9-15/h4-7,15,17-18,24,28H,1-3,8-13,22-23H2,(H,25,29)/t17-,18-/m0/s1. The molecule has 1 aromatic carbocycles. The number of phenolic OH excluding ortho intramolecular Hbond substituents is 1. The van der Waals surface area contributed by atoms with Crippen molar-refractivity contribution < 1.29 is 14.3 Å². The average Bonchev–Trinajstić information content (AvgIpc) is 3.26. The molecule has 2 aromatic rings. The SMILES string of the molecule is NCCCC[C@H](N)c1nnc([C@H](Cc2ccc(O)cc2)NC(=O)C2CCNCC2)o1. The van der Waals surface area contributed by atoms with Crippen molar-refractivity contribution in [3.05, 3.63) is 41.6 Å². The van der Waals surface area contributed by atoms with Crippen LogP contribution >= 0.6 is 0 Å². The topological polar surface area (TPSA) is 152 Å². The number of aromatic hydroxyl groups is 1. The number of benzene rings is 1. The fourth-order valence-electron chi connectivity index (χ4n) is 3.61. The van der Waals surface area contributed by atoms with E-state index in [1.807, 2.05) is 12.1 Å². The Bertz CT molecular complexity index is 788. The van der Waals surface area contributed by atoms with Crippen molar-refractivity contribution in [3.8, 4) is 5.75 Å². The highest BCUT2D eigenvalue weighted by atomic mass is 16.4. The van der Waals surface area contributed by atoms with Gasteiger partial charge in [-0.25, -0.2) is 0 Å². The Balaban J connectivity index is 1.73. The van der Waals surface area contributed by atoms with E-state index in [0.717, 1.165) is 44.3 Å². The largest absolute Gasteiger partial charge is 0.508 e. The summed E-state index contributed by atoms with van der Waals surface area (Å²) in [4.78, 5) is 12.8. The number of piperidine rings is 1. The number of hydrogen-bond acceptors (Lipinski definition) is 8. The van der Waals surface area contributed by atoms with Crippen LogP contribution in [0.25, 0.3) is 0 Å². The van der Waals surface area contributed by atoms with Crippen molar-refractivity contribution in [2.75, 3.05) is 19.6 Å². The van der Waals surface area contributed by atoms with Gasteiger partial charge >= 0.3 is 0 Å². The Morgan fingerprint density at radius 3 is 2.60 bits per heavy atom. The van der Waals surface area contributed by atoms with Gasteiger partial charge in [0.1, 0.15) is 11.8 Å². The van der Waals surface area contributed by atoms with Crippen LogP contribution in [0.2, 0.25) is 0 Å². The lowest BCUT2D eigenvalue weighted by atomic mass is 9.96. The molecule has 30 heavy (non-hydrogen) atoms. The molecule has 1 aliphatic rings. The van der Waals surface area contributed by atoms with E-state index in [1.165, 1.54) is 0 Å². The number of amides is 1. The number of nitrogens with zero attached hydrogens (tertiary/aromatic N) is 2. The second-order valence-electron chi connectivity index (χ2n) is 7.83. The van der Waals surface area contributed by atoms with Crippen molar-refractivity contribution in [2.45, 2.75) is 50.6 Å². The van der Waals surface area contributed by atoms with Crippen LogP contribution in [0.15, 0.2) is 28.7 Å². The maximum absolute atomic E-state index is 12.8. The highest BCUT2D eigenvalue weighted by molar-refractivity contribution is 5.79. The Morgan fingerprint density at radius 2 is 1.90 bits per heavy atom. The molecule has 2 heterocycles. The highest BCUT2D eigenvalue weighted by Crippen LogP contribution is 2.24. The predicted octanol–water partition coefficient (Wildman–Crippen LogP) is 1.30. The molecule has 0 saturated carbocycles. The van der Waals surface area contributed by atoms with Gasteiger partial charge in [-0.15, -0.1) is 10.2 Å². The van der Waals surface area contributed by atoms with Crippen molar-refractivity contribution in [1.29, 1.82) is 0 Å². The molecule has 1 saturated heterocycles. The van der Waals surface area contributed by atoms with Gasteiger partial charge in [-0.3, -0.25) is 4.79 Å². The summed E-state index contributed by atoms with van der Waals surface area (Å²) in [6, 6.07) is 6.05. The smallest absolute Gasteiger partial charge is 0.239 e. The summed E-state index contributed by atoms with van der Waals surface area (Å²) >= 11 is 0. The molecule has 1 aliphatic heterocycles. The molecule has 0 bridgehead atoms. The molecule has 2 atom stereocenters. The van der Waals surface area contributed by atoms with Crippen LogP contribution in [0, 0.1) is 5.92 Å². The summed E-state index contributed by atoms with van der Waals surface area (Å²) in [5, 5.41) is 24.2. The van der Waals surface area contributed by atoms with Gasteiger partial charge < -0.3 is 31.6 Å². The van der Waals surface area contributed by atoms with Crippen molar-refractivity contribution in [2.24, 2.45) is 17.4 Å². The first-order valence-corrected chi connectivity index (χ1v) is 10.6. The van der Waals surface area contributed by atoms with Gasteiger partial charge in [0, 0.05) is 12.3 Å². The zero-order valence-electron chi connectivity index (χ0n) is 17.2. The van der Waals surface area contributed by atoms with Crippen LogP contribution < -0.4 is 22.1 Å². The average molecular weight is 417 g/mol. The fourth-order valence-corrected chi connectivity index (χ4v) is 3.61. The molecular formula is C21H32N6O3. The molecular weight excluding hydrogens is 384 g/mol. The van der Waals surface area contributed by atoms with E-state index in [-0.39, 0.29) is 23.6 Å². The molecule has 0 unspecified atom stereocenters. The van der Waals surface area contributed by atoms with Gasteiger partial charge in [0.25, 0.3) is 0 Å². The van der Waals surface area contributed by atoms with E-state index >= 15 is 0 Å². The summed E-state index contributed by atoms with van der Waals surface area (Å²) in [5.74, 6) is 0.864. The molecule has 1 aromatic heterocycles. The normalized spacial score (nSPS) is 16.9. The van der Waals surface area contributed by atoms with E-state index in [0.29, 0.717) is 31.2 Å². The number of carbonyl (C=O) groups excluding carboxylic acids is 1. The molecule has 1 fully saturated rings. The van der Waals surface area contributed by atoms with E-state index in [9.17, 15) is 9.90 Å². The van der Waals surface area contributed by atoms with Crippen molar-refractivity contribution in [1.82, 2.24) is 20.8 Å². The van der Waals surface area contributed by atoms with Crippen LogP contribution in [-0.4, -0.2) is 40.8 Å². The molecule has 0 aliphatic carbocycles. The van der Waals surface area contributed by atoms with E-state index in [4.69, 9.17) is 15.9 Å². The quantitative estimate of drug-likeness (QED) is 0.363. The molecule has 1 amide bonds. The Hall–Kier alpha value is -2.49. The van der Waals surface area contributed by atoms with Crippen LogP contribution in [0.3, 0.4) is 0 Å². The number of aromatic nitrogens is 2.